The van der Waals surface area contributed by atoms with Gasteiger partial charge in [0.05, 0.1) is 6.04 Å². The highest BCUT2D eigenvalue weighted by molar-refractivity contribution is 5.98. The molecule has 0 aromatic heterocycles. The van der Waals surface area contributed by atoms with Gasteiger partial charge in [0.2, 0.25) is 0 Å². The third kappa shape index (κ3) is 7.72. The first kappa shape index (κ1) is 14.9. The van der Waals surface area contributed by atoms with Crippen LogP contribution in [0.1, 0.15) is 41.0 Å². The van der Waals surface area contributed by atoms with E-state index in [9.17, 15) is 4.79 Å². The van der Waals surface area contributed by atoms with Gasteiger partial charge in [0.1, 0.15) is 0 Å². The van der Waals surface area contributed by atoms with Crippen molar-refractivity contribution >= 4 is 5.78 Å². The summed E-state index contributed by atoms with van der Waals surface area (Å²) in [5, 5.41) is 0. The largest absolute Gasteiger partial charge is 0.321 e. The van der Waals surface area contributed by atoms with Crippen molar-refractivity contribution in [2.75, 3.05) is 0 Å². The van der Waals surface area contributed by atoms with E-state index in [0.29, 0.717) is 11.5 Å². The lowest BCUT2D eigenvalue weighted by molar-refractivity contribution is -0.117. The van der Waals surface area contributed by atoms with Crippen LogP contribution in [0.4, 0.5) is 0 Å². The standard InChI is InChI=1S/C9H17NO.C2H6/c1-6(2)5-8(10)9(11)7(3)4;1-2/h6,8H,3,5,10H2,1-2,4H3;1-2H3. The van der Waals surface area contributed by atoms with Crippen molar-refractivity contribution < 1.29 is 4.79 Å². The molecule has 0 saturated heterocycles. The van der Waals surface area contributed by atoms with Gasteiger partial charge in [-0.25, -0.2) is 0 Å². The number of hydrogen-bond acceptors (Lipinski definition) is 2. The highest BCUT2D eigenvalue weighted by atomic mass is 16.1. The van der Waals surface area contributed by atoms with E-state index in [2.05, 4.69) is 6.58 Å². The van der Waals surface area contributed by atoms with E-state index >= 15 is 0 Å². The van der Waals surface area contributed by atoms with Gasteiger partial charge >= 0.3 is 0 Å². The summed E-state index contributed by atoms with van der Waals surface area (Å²) in [6, 6.07) is -0.354. The first-order valence-corrected chi connectivity index (χ1v) is 4.90. The summed E-state index contributed by atoms with van der Waals surface area (Å²) in [4.78, 5) is 11.2. The molecule has 0 aromatic carbocycles. The van der Waals surface area contributed by atoms with Gasteiger partial charge in [-0.1, -0.05) is 34.3 Å². The molecular formula is C11H23NO. The molecule has 0 aromatic rings. The Kier molecular flexibility index (Phi) is 9.14. The number of carbonyl (C=O) groups is 1. The second-order valence-electron chi connectivity index (χ2n) is 3.38. The minimum absolute atomic E-state index is 0.0151. The Morgan fingerprint density at radius 3 is 2.00 bits per heavy atom. The van der Waals surface area contributed by atoms with E-state index in [0.717, 1.165) is 6.42 Å². The zero-order valence-corrected chi connectivity index (χ0v) is 9.55. The molecule has 0 saturated carbocycles. The van der Waals surface area contributed by atoms with Crippen LogP contribution in [0.25, 0.3) is 0 Å². The molecule has 0 bridgehead atoms. The van der Waals surface area contributed by atoms with Crippen LogP contribution in [-0.2, 0) is 4.79 Å². The van der Waals surface area contributed by atoms with Crippen molar-refractivity contribution in [3.63, 3.8) is 0 Å². The second-order valence-corrected chi connectivity index (χ2v) is 3.38. The Labute approximate surface area is 82.2 Å². The van der Waals surface area contributed by atoms with Crippen LogP contribution in [-0.4, -0.2) is 11.8 Å². The first-order chi connectivity index (χ1) is 5.95. The molecule has 0 aliphatic rings. The molecule has 2 N–H and O–H groups in total. The van der Waals surface area contributed by atoms with Crippen LogP contribution in [0.5, 0.6) is 0 Å². The van der Waals surface area contributed by atoms with Crippen molar-refractivity contribution in [1.29, 1.82) is 0 Å². The topological polar surface area (TPSA) is 43.1 Å². The van der Waals surface area contributed by atoms with Crippen LogP contribution in [0, 0.1) is 5.92 Å². The molecule has 78 valence electrons. The minimum atomic E-state index is -0.354. The van der Waals surface area contributed by atoms with E-state index in [4.69, 9.17) is 5.73 Å². The SMILES string of the molecule is C=C(C)C(=O)C(N)CC(C)C.CC. The summed E-state index contributed by atoms with van der Waals surface area (Å²) >= 11 is 0. The number of carbonyl (C=O) groups excluding carboxylic acids is 1. The van der Waals surface area contributed by atoms with Crippen LogP contribution in [0.15, 0.2) is 12.2 Å². The third-order valence-electron chi connectivity index (χ3n) is 1.48. The third-order valence-corrected chi connectivity index (χ3v) is 1.48. The molecule has 0 rings (SSSR count). The summed E-state index contributed by atoms with van der Waals surface area (Å²) in [6.07, 6.45) is 0.742. The molecule has 0 amide bonds. The lowest BCUT2D eigenvalue weighted by Crippen LogP contribution is -2.32. The summed E-state index contributed by atoms with van der Waals surface area (Å²) in [5.74, 6) is 0.451. The van der Waals surface area contributed by atoms with Crippen LogP contribution >= 0.6 is 0 Å². The molecule has 2 heteroatoms. The summed E-state index contributed by atoms with van der Waals surface area (Å²) in [7, 11) is 0. The maximum atomic E-state index is 11.2. The Balaban J connectivity index is 0. The summed E-state index contributed by atoms with van der Waals surface area (Å²) in [5.41, 5.74) is 6.16. The summed E-state index contributed by atoms with van der Waals surface area (Å²) < 4.78 is 0. The van der Waals surface area contributed by atoms with Crippen molar-refractivity contribution in [1.82, 2.24) is 0 Å². The molecule has 0 aliphatic carbocycles. The Hall–Kier alpha value is -0.630. The fraction of sp³-hybridized carbons (Fsp3) is 0.727. The van der Waals surface area contributed by atoms with Crippen molar-refractivity contribution in [2.24, 2.45) is 11.7 Å². The van der Waals surface area contributed by atoms with Gasteiger partial charge in [0.15, 0.2) is 5.78 Å². The van der Waals surface area contributed by atoms with Crippen molar-refractivity contribution in [3.05, 3.63) is 12.2 Å². The van der Waals surface area contributed by atoms with Gasteiger partial charge in [0.25, 0.3) is 0 Å². The normalized spacial score (nSPS) is 11.6. The maximum absolute atomic E-state index is 11.2. The maximum Gasteiger partial charge on any atom is 0.174 e. The smallest absolute Gasteiger partial charge is 0.174 e. The first-order valence-electron chi connectivity index (χ1n) is 4.90. The molecule has 0 fully saturated rings. The molecule has 0 heterocycles. The fourth-order valence-corrected chi connectivity index (χ4v) is 0.931. The molecule has 0 radical (unpaired) electrons. The molecule has 0 spiro atoms. The monoisotopic (exact) mass is 185 g/mol. The molecule has 1 atom stereocenters. The highest BCUT2D eigenvalue weighted by Crippen LogP contribution is 2.06. The van der Waals surface area contributed by atoms with E-state index in [1.165, 1.54) is 0 Å². The van der Waals surface area contributed by atoms with Gasteiger partial charge < -0.3 is 5.73 Å². The zero-order chi connectivity index (χ0) is 11.0. The van der Waals surface area contributed by atoms with E-state index < -0.39 is 0 Å². The molecular weight excluding hydrogens is 162 g/mol. The quantitative estimate of drug-likeness (QED) is 0.684. The minimum Gasteiger partial charge on any atom is -0.321 e. The van der Waals surface area contributed by atoms with E-state index in [1.54, 1.807) is 6.92 Å². The average Bonchev–Trinajstić information content (AvgIpc) is 2.05. The number of ketones is 1. The second kappa shape index (κ2) is 7.99. The van der Waals surface area contributed by atoms with Gasteiger partial charge in [-0.05, 0) is 24.8 Å². The molecule has 2 nitrogen and oxygen atoms in total. The van der Waals surface area contributed by atoms with Crippen LogP contribution < -0.4 is 5.73 Å². The van der Waals surface area contributed by atoms with Gasteiger partial charge in [-0.15, -0.1) is 0 Å². The van der Waals surface area contributed by atoms with Crippen LogP contribution in [0.3, 0.4) is 0 Å². The van der Waals surface area contributed by atoms with Crippen molar-refractivity contribution in [3.8, 4) is 0 Å². The van der Waals surface area contributed by atoms with E-state index in [1.807, 2.05) is 27.7 Å². The van der Waals surface area contributed by atoms with Crippen molar-refractivity contribution in [2.45, 2.75) is 47.1 Å². The summed E-state index contributed by atoms with van der Waals surface area (Å²) in [6.45, 7) is 13.3. The highest BCUT2D eigenvalue weighted by Gasteiger charge is 2.14. The Morgan fingerprint density at radius 1 is 1.38 bits per heavy atom. The predicted octanol–water partition coefficient (Wildman–Crippen LogP) is 2.53. The lowest BCUT2D eigenvalue weighted by Gasteiger charge is -2.11. The van der Waals surface area contributed by atoms with E-state index in [-0.39, 0.29) is 11.8 Å². The molecule has 13 heavy (non-hydrogen) atoms. The van der Waals surface area contributed by atoms with Crippen LogP contribution in [0.2, 0.25) is 0 Å². The number of Topliss-reactive ketones (excluding diaryl/α,β-unsaturated/α-hetero) is 1. The Bertz CT molecular complexity index is 161. The lowest BCUT2D eigenvalue weighted by atomic mass is 9.98. The number of nitrogens with two attached hydrogens (primary N) is 1. The number of rotatable bonds is 4. The Morgan fingerprint density at radius 2 is 1.77 bits per heavy atom. The molecule has 0 aliphatic heterocycles. The average molecular weight is 185 g/mol. The predicted molar refractivity (Wildman–Crippen MR) is 58.6 cm³/mol. The van der Waals surface area contributed by atoms with Gasteiger partial charge in [-0.2, -0.15) is 0 Å². The molecule has 1 unspecified atom stereocenters. The fourth-order valence-electron chi connectivity index (χ4n) is 0.931. The number of hydrogen-bond donors (Lipinski definition) is 1. The van der Waals surface area contributed by atoms with Gasteiger partial charge in [0, 0.05) is 0 Å². The van der Waals surface area contributed by atoms with Gasteiger partial charge in [-0.3, -0.25) is 4.79 Å². The zero-order valence-electron chi connectivity index (χ0n) is 9.55.